The molecule has 26 nitrogen and oxygen atoms in total. The smallest absolute Gasteiger partial charge is 0.462 e. The fourth-order valence-corrected chi connectivity index (χ4v) is 57.0. The molecule has 0 bridgehead atoms. The van der Waals surface area contributed by atoms with Crippen LogP contribution in [0.1, 0.15) is 155 Å². The molecule has 145 heavy (non-hydrogen) atoms. The SMILES string of the molecule is C.C.C.C.C=C(C)C(=O)OCCCC[Si](C)(C)O[SiH](C)O[Si](C)(C)O[Si](C)(C)CCCCOC(=O)C(=C)C.C=C(C)C(=O)OCCCC[Si](C)(C)O[Si](C)(C)CCCCOC(=O)C(=C)C.C=C(C)C(=O)OCCCC[Si](C)(C)O[Si](C)(C)O[Si](C)(CCCOC(C(F)(F)F)C(F)(F)F)O[Si](C)(C)CCCCOC(=O)C(=C)C.C=CCOC(C(F)(F)F)C(F)(F)F.CO[SiH](C)C.CO[Si](C)(C)C.O=S(=O)(O)C(F)(F)F.[Pt]. The van der Waals surface area contributed by atoms with Crippen LogP contribution in [-0.4, -0.2) is 261 Å². The molecule has 0 saturated carbocycles. The summed E-state index contributed by atoms with van der Waals surface area (Å²) in [5.41, 5.74) is -3.17. The number of alkyl halides is 15. The second kappa shape index (κ2) is 78.8. The summed E-state index contributed by atoms with van der Waals surface area (Å²) in [6.07, 6.45) is -19.1. The van der Waals surface area contributed by atoms with E-state index in [1.54, 1.807) is 62.3 Å². The van der Waals surface area contributed by atoms with Crippen molar-refractivity contribution in [2.45, 2.75) is 390 Å². The van der Waals surface area contributed by atoms with Crippen LogP contribution < -0.4 is 0 Å². The molecular weight excluding hydrogens is 2350 g/mol. The monoisotopic (exact) mass is 2530 g/mol. The molecule has 0 rings (SSSR count). The van der Waals surface area contributed by atoms with Gasteiger partial charge in [-0.2, -0.15) is 74.3 Å². The van der Waals surface area contributed by atoms with Gasteiger partial charge < -0.3 is 75.6 Å². The Labute approximate surface area is 889 Å². The quantitative estimate of drug-likeness (QED) is 0.00680. The number of halogens is 15. The zero-order chi connectivity index (χ0) is 112. The van der Waals surface area contributed by atoms with Gasteiger partial charge in [0.05, 0.1) is 46.2 Å². The van der Waals surface area contributed by atoms with Gasteiger partial charge in [0.1, 0.15) is 0 Å². The topological polar surface area (TPSA) is 314 Å². The molecule has 0 aromatic rings. The number of esters is 6. The van der Waals surface area contributed by atoms with Crippen LogP contribution in [0.15, 0.2) is 85.6 Å². The largest absolute Gasteiger partial charge is 0.522 e. The molecule has 0 saturated heterocycles. The van der Waals surface area contributed by atoms with Gasteiger partial charge in [0.15, 0.2) is 67.3 Å². The molecule has 0 aromatic carbocycles. The van der Waals surface area contributed by atoms with Crippen molar-refractivity contribution in [3.63, 3.8) is 0 Å². The molecule has 0 aliphatic rings. The van der Waals surface area contributed by atoms with E-state index in [9.17, 15) is 94.6 Å². The number of unbranched alkanes of at least 4 members (excludes halogenated alkanes) is 6. The maximum Gasteiger partial charge on any atom is 0.522 e. The van der Waals surface area contributed by atoms with E-state index in [2.05, 4.69) is 160 Å². The summed E-state index contributed by atoms with van der Waals surface area (Å²) in [5.74, 6) is -2.20. The summed E-state index contributed by atoms with van der Waals surface area (Å²) >= 11 is 0. The number of hydrogen-bond donors (Lipinski definition) is 1. The van der Waals surface area contributed by atoms with Gasteiger partial charge in [-0.25, -0.2) is 28.8 Å². The van der Waals surface area contributed by atoms with E-state index < -0.39 is 180 Å². The van der Waals surface area contributed by atoms with Gasteiger partial charge in [-0.15, -0.1) is 6.58 Å². The molecule has 870 valence electrons. The zero-order valence-electron chi connectivity index (χ0n) is 89.2. The Balaban J connectivity index is -0.000000159. The molecule has 1 N–H and O–H groups in total. The molecule has 0 radical (unpaired) electrons. The first kappa shape index (κ1) is 167. The van der Waals surface area contributed by atoms with E-state index in [0.717, 1.165) is 94.1 Å². The Morgan fingerprint density at radius 3 is 0.759 bits per heavy atom. The molecule has 0 spiro atoms. The first-order valence-corrected chi connectivity index (χ1v) is 82.3. The molecule has 2 atom stereocenters. The minimum Gasteiger partial charge on any atom is -0.462 e. The standard InChI is InChI=1S/C29H54F6O8Si4.C23H48O7Si4.C20H38O5Si2.C6H6F6O.C4H12OSi.C3H10OSi.CHF3O3S.4CH4.Pt/c1-23(2)25(36)38-17-12-14-20-44(5,6)41-46(9,10)43-47(11,22-16-19-40-27(28(30,31)32)29(33,34)35)42-45(7,8)21-15-13-18-39-26(37)24(3)4;1-20(2)22(24)26-16-12-14-18-32(6,7)28-31(5)29-34(10,11)30-33(8,9)19-15-13-17-27-23(25)21(3)4;1-17(2)19(21)23-13-9-11-15-26(5,6)25-27(7,8)16-12-10-14-24-20(22)18(3)4;1-2-3-13-4(5(7,8)9)6(10,11)12;1-5-6(2,3)4;1-4-5(2)3;2-1(3,4)8(5,6)7;;;;;/h27H,1,3,12-22H2,2,4-11H3;31H,1,3,12-19H2,2,4-11H3;1,3,9-16H2,2,4-8H3;2,4H,1,3H2;1-4H3;5H,1-3H3;(H,5,6,7);4*1H4;. The molecule has 2 unspecified atom stereocenters. The Morgan fingerprint density at radius 2 is 0.552 bits per heavy atom. The molecule has 0 aromatic heterocycles. The Kier molecular flexibility index (Phi) is 90.6. The van der Waals surface area contributed by atoms with Crippen molar-refractivity contribution < 1.29 is 204 Å². The molecule has 0 amide bonds. The maximum absolute atomic E-state index is 13.0. The molecule has 0 aliphatic heterocycles. The van der Waals surface area contributed by atoms with Crippen molar-refractivity contribution >= 4 is 148 Å². The average molecular weight is 2530 g/mol. The summed E-state index contributed by atoms with van der Waals surface area (Å²) in [6.45, 7) is 83.2. The van der Waals surface area contributed by atoms with Gasteiger partial charge in [0, 0.05) is 75.3 Å². The molecule has 0 aliphatic carbocycles. The molecule has 0 fully saturated rings. The third-order valence-corrected chi connectivity index (χ3v) is 59.3. The van der Waals surface area contributed by atoms with Crippen molar-refractivity contribution in [1.82, 2.24) is 0 Å². The molecular formula is C90H185F15O26PtSSi12. The summed E-state index contributed by atoms with van der Waals surface area (Å²) < 4.78 is 300. The third kappa shape index (κ3) is 99.8. The minimum atomic E-state index is -5.84. The van der Waals surface area contributed by atoms with Gasteiger partial charge in [0.25, 0.3) is 9.28 Å². The second-order valence-corrected chi connectivity index (χ2v) is 87.3. The van der Waals surface area contributed by atoms with Crippen LogP contribution in [0.2, 0.25) is 193 Å². The van der Waals surface area contributed by atoms with E-state index in [-0.39, 0.29) is 100 Å². The maximum atomic E-state index is 13.0. The number of rotatable bonds is 60. The first-order chi connectivity index (χ1) is 62.7. The van der Waals surface area contributed by atoms with Crippen molar-refractivity contribution in [2.24, 2.45) is 0 Å². The predicted octanol–water partition coefficient (Wildman–Crippen LogP) is 27.6. The minimum absolute atomic E-state index is 0. The van der Waals surface area contributed by atoms with Crippen molar-refractivity contribution in [1.29, 1.82) is 0 Å². The van der Waals surface area contributed by atoms with E-state index in [0.29, 0.717) is 85.2 Å². The Morgan fingerprint density at radius 1 is 0.338 bits per heavy atom. The summed E-state index contributed by atoms with van der Waals surface area (Å²) in [7, 11) is -26.4. The number of carbonyl (C=O) groups is 6. The van der Waals surface area contributed by atoms with Gasteiger partial charge >= 0.3 is 102 Å². The summed E-state index contributed by atoms with van der Waals surface area (Å²) in [5, 5.41) is 0. The van der Waals surface area contributed by atoms with Crippen molar-refractivity contribution in [3.8, 4) is 0 Å². The van der Waals surface area contributed by atoms with E-state index in [1.807, 2.05) is 39.3 Å². The van der Waals surface area contributed by atoms with Crippen LogP contribution in [-0.2, 0) is 136 Å². The Hall–Kier alpha value is -3.29. The zero-order valence-corrected chi connectivity index (χ0v) is 105. The Bertz CT molecular complexity index is 3730. The van der Waals surface area contributed by atoms with E-state index in [1.165, 1.54) is 0 Å². The van der Waals surface area contributed by atoms with Gasteiger partial charge in [-0.1, -0.05) is 114 Å². The summed E-state index contributed by atoms with van der Waals surface area (Å²) in [6, 6.07) is 5.61. The normalized spacial score (nSPS) is 12.8. The van der Waals surface area contributed by atoms with Crippen LogP contribution in [0.5, 0.6) is 0 Å². The van der Waals surface area contributed by atoms with Crippen LogP contribution in [0.25, 0.3) is 0 Å². The van der Waals surface area contributed by atoms with Crippen molar-refractivity contribution in [3.05, 3.63) is 85.6 Å². The van der Waals surface area contributed by atoms with Crippen molar-refractivity contribution in [2.75, 3.05) is 67.1 Å². The van der Waals surface area contributed by atoms with Gasteiger partial charge in [-0.05, 0) is 279 Å². The van der Waals surface area contributed by atoms with E-state index in [4.69, 9.17) is 79.0 Å². The third-order valence-electron chi connectivity index (χ3n) is 18.0. The fourth-order valence-electron chi connectivity index (χ4n) is 11.7. The van der Waals surface area contributed by atoms with Gasteiger partial charge in [-0.3, -0.25) is 4.55 Å². The van der Waals surface area contributed by atoms with Crippen LogP contribution in [0.3, 0.4) is 0 Å². The fraction of sp³-hybridized carbons (Fsp3) is 0.778. The summed E-state index contributed by atoms with van der Waals surface area (Å²) in [4.78, 5) is 68.8. The van der Waals surface area contributed by atoms with Crippen LogP contribution >= 0.6 is 0 Å². The second-order valence-electron chi connectivity index (χ2n) is 39.1. The molecule has 55 heteroatoms. The number of carbonyl (C=O) groups excluding carboxylic acids is 6. The first-order valence-electron chi connectivity index (χ1n) is 45.8. The molecule has 0 heterocycles. The number of ether oxygens (including phenoxy) is 8. The number of hydrogen-bond acceptors (Lipinski definition) is 25. The van der Waals surface area contributed by atoms with Gasteiger partial charge in [0.2, 0.25) is 12.2 Å². The van der Waals surface area contributed by atoms with Crippen LogP contribution in [0.4, 0.5) is 65.9 Å². The van der Waals surface area contributed by atoms with E-state index >= 15 is 0 Å². The van der Waals surface area contributed by atoms with Crippen LogP contribution in [0, 0.1) is 0 Å². The average Bonchev–Trinajstić information content (AvgIpc) is 0.798. The predicted molar refractivity (Wildman–Crippen MR) is 575 cm³/mol.